The van der Waals surface area contributed by atoms with Crippen LogP contribution in [0.4, 0.5) is 14.4 Å². The van der Waals surface area contributed by atoms with E-state index in [1.165, 1.54) is 0 Å². The number of carboxylic acid groups (broad SMARTS) is 3. The molecule has 3 atom stereocenters. The largest absolute Gasteiger partial charge is 0.508 e. The molecule has 3 N–H and O–H groups in total. The molecule has 17 heavy (non-hydrogen) atoms. The van der Waals surface area contributed by atoms with E-state index in [-0.39, 0.29) is 6.42 Å². The van der Waals surface area contributed by atoms with E-state index in [4.69, 9.17) is 20.1 Å². The van der Waals surface area contributed by atoms with Crippen molar-refractivity contribution in [2.24, 2.45) is 0 Å². The van der Waals surface area contributed by atoms with Crippen LogP contribution in [0.2, 0.25) is 0 Å². The van der Waals surface area contributed by atoms with Crippen LogP contribution in [-0.2, 0) is 18.9 Å². The maximum Gasteiger partial charge on any atom is 0.508 e. The lowest BCUT2D eigenvalue weighted by atomic mass is 10.3. The molecule has 1 saturated heterocycles. The minimum absolute atomic E-state index is 0.295. The van der Waals surface area contributed by atoms with Crippen molar-refractivity contribution in [3.63, 3.8) is 0 Å². The molecule has 1 fully saturated rings. The van der Waals surface area contributed by atoms with Crippen molar-refractivity contribution in [1.29, 1.82) is 0 Å². The second-order valence-corrected chi connectivity index (χ2v) is 2.86. The Kier molecular flexibility index (Phi) is 3.93. The average molecular weight is 252 g/mol. The molecule has 1 aliphatic rings. The van der Waals surface area contributed by atoms with E-state index in [1.54, 1.807) is 0 Å². The number of hydrogen-bond acceptors (Lipinski definition) is 7. The van der Waals surface area contributed by atoms with E-state index < -0.39 is 37.2 Å². The Bertz CT molecular complexity index is 301. The second kappa shape index (κ2) is 5.21. The fourth-order valence-corrected chi connectivity index (χ4v) is 1.22. The molecule has 0 aromatic heterocycles. The summed E-state index contributed by atoms with van der Waals surface area (Å²) in [4.78, 5) is 30.7. The first-order valence-corrected chi connectivity index (χ1v) is 4.22. The zero-order valence-electron chi connectivity index (χ0n) is 8.14. The zero-order chi connectivity index (χ0) is 13.0. The maximum atomic E-state index is 10.3. The summed E-state index contributed by atoms with van der Waals surface area (Å²) in [7, 11) is 0. The Morgan fingerprint density at radius 1 is 0.941 bits per heavy atom. The minimum atomic E-state index is -1.72. The van der Waals surface area contributed by atoms with E-state index in [2.05, 4.69) is 14.2 Å². The molecule has 1 heterocycles. The molecule has 10 nitrogen and oxygen atoms in total. The summed E-state index contributed by atoms with van der Waals surface area (Å²) in [6.07, 6.45) is -9.53. The van der Waals surface area contributed by atoms with Gasteiger partial charge in [0.05, 0.1) is 6.42 Å². The predicted molar refractivity (Wildman–Crippen MR) is 44.4 cm³/mol. The Hall–Kier alpha value is -2.23. The summed E-state index contributed by atoms with van der Waals surface area (Å²) in [5, 5.41) is 25.0. The Balaban J connectivity index is 2.61. The molecule has 0 aromatic rings. The summed E-state index contributed by atoms with van der Waals surface area (Å²) in [6.45, 7) is 0. The van der Waals surface area contributed by atoms with Gasteiger partial charge in [0, 0.05) is 0 Å². The molecule has 0 bridgehead atoms. The van der Waals surface area contributed by atoms with Crippen molar-refractivity contribution < 1.29 is 48.7 Å². The van der Waals surface area contributed by atoms with Crippen LogP contribution in [0.3, 0.4) is 0 Å². The van der Waals surface area contributed by atoms with Crippen LogP contribution in [0.5, 0.6) is 0 Å². The molecule has 0 radical (unpaired) electrons. The zero-order valence-corrected chi connectivity index (χ0v) is 8.14. The van der Waals surface area contributed by atoms with Gasteiger partial charge in [-0.25, -0.2) is 14.4 Å². The lowest BCUT2D eigenvalue weighted by molar-refractivity contribution is -0.187. The molecule has 1 rings (SSSR count). The van der Waals surface area contributed by atoms with Gasteiger partial charge >= 0.3 is 18.5 Å². The summed E-state index contributed by atoms with van der Waals surface area (Å²) >= 11 is 0. The molecule has 0 amide bonds. The van der Waals surface area contributed by atoms with Crippen LogP contribution in [0.1, 0.15) is 6.42 Å². The first-order chi connectivity index (χ1) is 7.88. The highest BCUT2D eigenvalue weighted by atomic mass is 16.8. The first kappa shape index (κ1) is 12.8. The van der Waals surface area contributed by atoms with Crippen molar-refractivity contribution in [3.05, 3.63) is 0 Å². The fraction of sp³-hybridized carbons (Fsp3) is 0.571. The second-order valence-electron chi connectivity index (χ2n) is 2.86. The van der Waals surface area contributed by atoms with Gasteiger partial charge in [-0.05, 0) is 0 Å². The Morgan fingerprint density at radius 3 is 1.94 bits per heavy atom. The molecular formula is C7H8O10. The fourth-order valence-electron chi connectivity index (χ4n) is 1.22. The van der Waals surface area contributed by atoms with Crippen LogP contribution in [0.15, 0.2) is 0 Å². The van der Waals surface area contributed by atoms with E-state index >= 15 is 0 Å². The van der Waals surface area contributed by atoms with Crippen molar-refractivity contribution >= 4 is 18.5 Å². The van der Waals surface area contributed by atoms with E-state index in [1.807, 2.05) is 0 Å². The van der Waals surface area contributed by atoms with Crippen LogP contribution in [-0.4, -0.2) is 52.5 Å². The van der Waals surface area contributed by atoms with Crippen LogP contribution >= 0.6 is 0 Å². The normalized spacial score (nSPS) is 27.2. The van der Waals surface area contributed by atoms with Gasteiger partial charge in [0.2, 0.25) is 12.6 Å². The third-order valence-electron chi connectivity index (χ3n) is 1.72. The highest BCUT2D eigenvalue weighted by Crippen LogP contribution is 2.25. The topological polar surface area (TPSA) is 149 Å². The van der Waals surface area contributed by atoms with E-state index in [0.29, 0.717) is 0 Å². The van der Waals surface area contributed by atoms with Gasteiger partial charge in [-0.1, -0.05) is 0 Å². The van der Waals surface area contributed by atoms with Gasteiger partial charge < -0.3 is 29.5 Å². The predicted octanol–water partition coefficient (Wildman–Crippen LogP) is 0.511. The lowest BCUT2D eigenvalue weighted by Crippen LogP contribution is -2.30. The van der Waals surface area contributed by atoms with Gasteiger partial charge in [0.25, 0.3) is 0 Å². The monoisotopic (exact) mass is 252 g/mol. The highest BCUT2D eigenvalue weighted by Gasteiger charge is 2.43. The third-order valence-corrected chi connectivity index (χ3v) is 1.72. The standard InChI is InChI=1S/C7H8O10/c8-5(9)14-2-1-3(16-6(10)11)15-4(2)17-7(12)13/h2-4H,1H2,(H,8,9)(H,10,11)(H,12,13). The number of hydrogen-bond donors (Lipinski definition) is 3. The summed E-state index contributed by atoms with van der Waals surface area (Å²) in [6, 6.07) is 0. The molecule has 96 valence electrons. The smallest absolute Gasteiger partial charge is 0.450 e. The molecule has 0 spiro atoms. The highest BCUT2D eigenvalue weighted by molar-refractivity contribution is 5.58. The number of rotatable bonds is 3. The van der Waals surface area contributed by atoms with Gasteiger partial charge in [-0.3, -0.25) is 4.74 Å². The molecule has 0 aromatic carbocycles. The van der Waals surface area contributed by atoms with Crippen molar-refractivity contribution in [2.75, 3.05) is 0 Å². The molecule has 1 aliphatic heterocycles. The SMILES string of the molecule is O=C(O)OC1CC(OC(=O)O)C(OC(=O)O)O1. The van der Waals surface area contributed by atoms with Crippen LogP contribution < -0.4 is 0 Å². The summed E-state index contributed by atoms with van der Waals surface area (Å²) < 4.78 is 17.3. The first-order valence-electron chi connectivity index (χ1n) is 4.22. The van der Waals surface area contributed by atoms with Gasteiger partial charge in [-0.15, -0.1) is 0 Å². The van der Waals surface area contributed by atoms with Crippen molar-refractivity contribution in [3.8, 4) is 0 Å². The number of carbonyl (C=O) groups is 3. The van der Waals surface area contributed by atoms with Crippen LogP contribution in [0.25, 0.3) is 0 Å². The molecule has 0 saturated carbocycles. The van der Waals surface area contributed by atoms with Crippen molar-refractivity contribution in [1.82, 2.24) is 0 Å². The molecular weight excluding hydrogens is 244 g/mol. The Labute approximate surface area is 93.2 Å². The maximum absolute atomic E-state index is 10.3. The quantitative estimate of drug-likeness (QED) is 0.478. The van der Waals surface area contributed by atoms with Gasteiger partial charge in [-0.2, -0.15) is 0 Å². The lowest BCUT2D eigenvalue weighted by Gasteiger charge is -2.15. The minimum Gasteiger partial charge on any atom is -0.450 e. The Morgan fingerprint density at radius 2 is 1.47 bits per heavy atom. The van der Waals surface area contributed by atoms with E-state index in [9.17, 15) is 14.4 Å². The van der Waals surface area contributed by atoms with Crippen molar-refractivity contribution in [2.45, 2.75) is 25.1 Å². The summed E-state index contributed by atoms with van der Waals surface area (Å²) in [5.41, 5.74) is 0. The van der Waals surface area contributed by atoms with Gasteiger partial charge in [0.15, 0.2) is 6.10 Å². The number of ether oxygens (including phenoxy) is 4. The van der Waals surface area contributed by atoms with Gasteiger partial charge in [0.1, 0.15) is 0 Å². The molecule has 3 unspecified atom stereocenters. The third kappa shape index (κ3) is 4.03. The molecule has 0 aliphatic carbocycles. The van der Waals surface area contributed by atoms with Crippen LogP contribution in [0, 0.1) is 0 Å². The summed E-state index contributed by atoms with van der Waals surface area (Å²) in [5.74, 6) is 0. The average Bonchev–Trinajstić information content (AvgIpc) is 2.44. The van der Waals surface area contributed by atoms with E-state index in [0.717, 1.165) is 0 Å². The molecule has 10 heteroatoms.